The van der Waals surface area contributed by atoms with Gasteiger partial charge in [0.25, 0.3) is 0 Å². The second-order valence-corrected chi connectivity index (χ2v) is 7.41. The van der Waals surface area contributed by atoms with Crippen LogP contribution in [-0.4, -0.2) is 47.5 Å². The lowest BCUT2D eigenvalue weighted by atomic mass is 9.96. The maximum Gasteiger partial charge on any atom is 0.227 e. The predicted molar refractivity (Wildman–Crippen MR) is 68.6 cm³/mol. The van der Waals surface area contributed by atoms with Crippen molar-refractivity contribution in [3.8, 4) is 0 Å². The zero-order chi connectivity index (χ0) is 11.8. The maximum absolute atomic E-state index is 12.4. The number of nitrogens with one attached hydrogen (secondary N) is 1. The molecule has 0 bridgehead atoms. The van der Waals surface area contributed by atoms with Crippen molar-refractivity contribution in [2.75, 3.05) is 31.9 Å². The average molecular weight is 242 g/mol. The van der Waals surface area contributed by atoms with Crippen LogP contribution in [0.4, 0.5) is 0 Å². The molecule has 92 valence electrons. The van der Waals surface area contributed by atoms with E-state index in [1.165, 1.54) is 0 Å². The van der Waals surface area contributed by atoms with E-state index in [1.807, 2.05) is 11.8 Å². The second kappa shape index (κ2) is 4.57. The minimum Gasteiger partial charge on any atom is -0.340 e. The number of carbonyl (C=O) groups excluding carboxylic acids is 1. The molecule has 2 rings (SSSR count). The van der Waals surface area contributed by atoms with E-state index in [0.717, 1.165) is 31.9 Å². The Labute approximate surface area is 102 Å². The van der Waals surface area contributed by atoms with E-state index < -0.39 is 0 Å². The number of nitrogens with zero attached hydrogens (tertiary/aromatic N) is 1. The molecule has 1 N–H and O–H groups in total. The zero-order valence-electron chi connectivity index (χ0n) is 10.5. The minimum absolute atomic E-state index is 0.207. The van der Waals surface area contributed by atoms with Crippen LogP contribution in [0, 0.1) is 11.8 Å². The van der Waals surface area contributed by atoms with Crippen LogP contribution >= 0.6 is 11.8 Å². The van der Waals surface area contributed by atoms with Gasteiger partial charge in [-0.3, -0.25) is 4.79 Å². The molecule has 0 aliphatic carbocycles. The highest BCUT2D eigenvalue weighted by molar-refractivity contribution is 8.00. The smallest absolute Gasteiger partial charge is 0.227 e. The highest BCUT2D eigenvalue weighted by Crippen LogP contribution is 2.31. The van der Waals surface area contributed by atoms with Crippen molar-refractivity contribution in [1.29, 1.82) is 0 Å². The van der Waals surface area contributed by atoms with Crippen molar-refractivity contribution < 1.29 is 4.79 Å². The molecule has 16 heavy (non-hydrogen) atoms. The Bertz CT molecular complexity index is 280. The minimum atomic E-state index is 0.207. The highest BCUT2D eigenvalue weighted by atomic mass is 32.2. The topological polar surface area (TPSA) is 32.3 Å². The quantitative estimate of drug-likeness (QED) is 0.750. The molecule has 2 aliphatic rings. The van der Waals surface area contributed by atoms with Gasteiger partial charge in [-0.2, -0.15) is 11.8 Å². The van der Waals surface area contributed by atoms with Crippen LogP contribution in [0.3, 0.4) is 0 Å². The molecule has 2 fully saturated rings. The number of hydrogen-bond acceptors (Lipinski definition) is 3. The van der Waals surface area contributed by atoms with E-state index in [1.54, 1.807) is 0 Å². The molecule has 2 saturated heterocycles. The average Bonchev–Trinajstić information content (AvgIpc) is 2.62. The summed E-state index contributed by atoms with van der Waals surface area (Å²) in [5.41, 5.74) is 0. The molecule has 0 aromatic rings. The van der Waals surface area contributed by atoms with Gasteiger partial charge in [0.2, 0.25) is 5.91 Å². The van der Waals surface area contributed by atoms with E-state index in [0.29, 0.717) is 11.8 Å². The first-order chi connectivity index (χ1) is 7.49. The second-order valence-electron chi connectivity index (χ2n) is 5.61. The van der Waals surface area contributed by atoms with E-state index >= 15 is 0 Å². The van der Waals surface area contributed by atoms with E-state index in [4.69, 9.17) is 0 Å². The van der Waals surface area contributed by atoms with Crippen LogP contribution in [-0.2, 0) is 4.79 Å². The SMILES string of the molecule is CC1CNCC1C(=O)N1CCSC(C)(C)C1. The summed E-state index contributed by atoms with van der Waals surface area (Å²) in [5, 5.41) is 3.31. The molecule has 3 nitrogen and oxygen atoms in total. The monoisotopic (exact) mass is 242 g/mol. The summed E-state index contributed by atoms with van der Waals surface area (Å²) in [6.07, 6.45) is 0. The molecule has 0 spiro atoms. The molecule has 0 radical (unpaired) electrons. The summed E-state index contributed by atoms with van der Waals surface area (Å²) >= 11 is 1.98. The van der Waals surface area contributed by atoms with Crippen molar-refractivity contribution >= 4 is 17.7 Å². The summed E-state index contributed by atoms with van der Waals surface area (Å²) in [7, 11) is 0. The third-order valence-electron chi connectivity index (χ3n) is 3.57. The zero-order valence-corrected chi connectivity index (χ0v) is 11.3. The van der Waals surface area contributed by atoms with Gasteiger partial charge in [0.05, 0.1) is 5.92 Å². The molecular weight excluding hydrogens is 220 g/mol. The summed E-state index contributed by atoms with van der Waals surface area (Å²) < 4.78 is 0.225. The number of thioether (sulfide) groups is 1. The van der Waals surface area contributed by atoms with Crippen LogP contribution < -0.4 is 5.32 Å². The van der Waals surface area contributed by atoms with Crippen LogP contribution in [0.5, 0.6) is 0 Å². The first-order valence-electron chi connectivity index (χ1n) is 6.13. The summed E-state index contributed by atoms with van der Waals surface area (Å²) in [6.45, 7) is 10.3. The van der Waals surface area contributed by atoms with E-state index in [-0.39, 0.29) is 10.7 Å². The number of rotatable bonds is 1. The molecule has 4 heteroatoms. The van der Waals surface area contributed by atoms with Crippen molar-refractivity contribution in [2.45, 2.75) is 25.5 Å². The van der Waals surface area contributed by atoms with E-state index in [9.17, 15) is 4.79 Å². The molecular formula is C12H22N2OS. The summed E-state index contributed by atoms with van der Waals surface area (Å²) in [6, 6.07) is 0. The summed E-state index contributed by atoms with van der Waals surface area (Å²) in [4.78, 5) is 14.4. The largest absolute Gasteiger partial charge is 0.340 e. The van der Waals surface area contributed by atoms with Gasteiger partial charge < -0.3 is 10.2 Å². The van der Waals surface area contributed by atoms with Crippen molar-refractivity contribution in [3.63, 3.8) is 0 Å². The molecule has 2 aliphatic heterocycles. The fraction of sp³-hybridized carbons (Fsp3) is 0.917. The lowest BCUT2D eigenvalue weighted by molar-refractivity contribution is -0.136. The van der Waals surface area contributed by atoms with Crippen molar-refractivity contribution in [3.05, 3.63) is 0 Å². The third-order valence-corrected chi connectivity index (χ3v) is 4.87. The number of hydrogen-bond donors (Lipinski definition) is 1. The lowest BCUT2D eigenvalue weighted by Crippen LogP contribution is -2.49. The Morgan fingerprint density at radius 3 is 2.75 bits per heavy atom. The van der Waals surface area contributed by atoms with Crippen molar-refractivity contribution in [2.24, 2.45) is 11.8 Å². The Morgan fingerprint density at radius 2 is 2.19 bits per heavy atom. The Kier molecular flexibility index (Phi) is 3.50. The van der Waals surface area contributed by atoms with Crippen LogP contribution in [0.15, 0.2) is 0 Å². The molecule has 0 saturated carbocycles. The van der Waals surface area contributed by atoms with Crippen LogP contribution in [0.1, 0.15) is 20.8 Å². The molecule has 0 aromatic heterocycles. The molecule has 2 unspecified atom stereocenters. The maximum atomic E-state index is 12.4. The molecule has 2 heterocycles. The first kappa shape index (κ1) is 12.2. The van der Waals surface area contributed by atoms with Gasteiger partial charge in [0.15, 0.2) is 0 Å². The lowest BCUT2D eigenvalue weighted by Gasteiger charge is -2.39. The molecule has 1 amide bonds. The Hall–Kier alpha value is -0.220. The standard InChI is InChI=1S/C12H22N2OS/c1-9-6-13-7-10(9)11(15)14-4-5-16-12(2,3)8-14/h9-10,13H,4-8H2,1-3H3. The van der Waals surface area contributed by atoms with Gasteiger partial charge in [-0.05, 0) is 26.3 Å². The summed E-state index contributed by atoms with van der Waals surface area (Å²) in [5.74, 6) is 2.14. The predicted octanol–water partition coefficient (Wildman–Crippen LogP) is 1.20. The van der Waals surface area contributed by atoms with Crippen molar-refractivity contribution in [1.82, 2.24) is 10.2 Å². The van der Waals surface area contributed by atoms with Gasteiger partial charge in [0, 0.05) is 30.1 Å². The Morgan fingerprint density at radius 1 is 1.44 bits per heavy atom. The fourth-order valence-corrected chi connectivity index (χ4v) is 3.69. The first-order valence-corrected chi connectivity index (χ1v) is 7.12. The molecule has 0 aromatic carbocycles. The number of amides is 1. The Balaban J connectivity index is 1.99. The van der Waals surface area contributed by atoms with E-state index in [2.05, 4.69) is 31.0 Å². The van der Waals surface area contributed by atoms with Gasteiger partial charge in [0.1, 0.15) is 0 Å². The van der Waals surface area contributed by atoms with Gasteiger partial charge in [-0.15, -0.1) is 0 Å². The normalized spacial score (nSPS) is 34.1. The number of carbonyl (C=O) groups is 1. The molecule has 2 atom stereocenters. The highest BCUT2D eigenvalue weighted by Gasteiger charge is 2.36. The van der Waals surface area contributed by atoms with Crippen LogP contribution in [0.25, 0.3) is 0 Å². The van der Waals surface area contributed by atoms with Gasteiger partial charge >= 0.3 is 0 Å². The van der Waals surface area contributed by atoms with Gasteiger partial charge in [-0.25, -0.2) is 0 Å². The third kappa shape index (κ3) is 2.54. The fourth-order valence-electron chi connectivity index (χ4n) is 2.58. The van der Waals surface area contributed by atoms with Crippen LogP contribution in [0.2, 0.25) is 0 Å². The van der Waals surface area contributed by atoms with Gasteiger partial charge in [-0.1, -0.05) is 6.92 Å².